The lowest BCUT2D eigenvalue weighted by Crippen LogP contribution is -2.32. The molecular weight excluding hydrogens is 242 g/mol. The third-order valence-electron chi connectivity index (χ3n) is 2.64. The molecule has 2 heterocycles. The number of pyridine rings is 1. The van der Waals surface area contributed by atoms with Crippen molar-refractivity contribution in [2.24, 2.45) is 5.10 Å². The zero-order valence-electron chi connectivity index (χ0n) is 9.43. The van der Waals surface area contributed by atoms with Crippen LogP contribution in [0.15, 0.2) is 23.4 Å². The van der Waals surface area contributed by atoms with Crippen LogP contribution >= 0.6 is 11.6 Å². The molecule has 17 heavy (non-hydrogen) atoms. The second-order valence-electron chi connectivity index (χ2n) is 3.84. The number of hydrazone groups is 1. The SMILES string of the molecule is CN1CCN(Cc2ccc(Cl)nc2)/C1=N/N[O-]. The van der Waals surface area contributed by atoms with Crippen molar-refractivity contribution in [1.82, 2.24) is 20.4 Å². The van der Waals surface area contributed by atoms with E-state index in [-0.39, 0.29) is 0 Å². The smallest absolute Gasteiger partial charge is 0.218 e. The largest absolute Gasteiger partial charge is 0.744 e. The highest BCUT2D eigenvalue weighted by Gasteiger charge is 2.23. The molecule has 1 aromatic rings. The van der Waals surface area contributed by atoms with Gasteiger partial charge in [0.15, 0.2) is 0 Å². The van der Waals surface area contributed by atoms with E-state index in [0.29, 0.717) is 17.7 Å². The Morgan fingerprint density at radius 1 is 1.53 bits per heavy atom. The van der Waals surface area contributed by atoms with Crippen molar-refractivity contribution < 1.29 is 0 Å². The molecule has 1 saturated heterocycles. The van der Waals surface area contributed by atoms with Gasteiger partial charge in [-0.1, -0.05) is 17.7 Å². The number of nitrogens with one attached hydrogen (secondary N) is 1. The molecule has 0 spiro atoms. The Bertz CT molecular complexity index is 408. The summed E-state index contributed by atoms with van der Waals surface area (Å²) in [6.45, 7) is 2.34. The molecular formula is C10H13ClN5O-. The molecule has 2 rings (SSSR count). The fraction of sp³-hybridized carbons (Fsp3) is 0.400. The lowest BCUT2D eigenvalue weighted by atomic mass is 10.3. The molecule has 0 saturated carbocycles. The number of guanidine groups is 1. The summed E-state index contributed by atoms with van der Waals surface area (Å²) < 4.78 is 0. The Hall–Kier alpha value is -1.53. The summed E-state index contributed by atoms with van der Waals surface area (Å²) >= 11 is 5.72. The number of hydrogen-bond donors (Lipinski definition) is 1. The van der Waals surface area contributed by atoms with Gasteiger partial charge in [0.2, 0.25) is 5.96 Å². The van der Waals surface area contributed by atoms with Crippen LogP contribution in [0.25, 0.3) is 0 Å². The zero-order chi connectivity index (χ0) is 12.3. The van der Waals surface area contributed by atoms with Crippen LogP contribution in [0.2, 0.25) is 5.15 Å². The summed E-state index contributed by atoms with van der Waals surface area (Å²) in [7, 11) is 1.90. The van der Waals surface area contributed by atoms with Crippen LogP contribution in [-0.2, 0) is 6.54 Å². The number of hydrogen-bond acceptors (Lipinski definition) is 4. The van der Waals surface area contributed by atoms with Crippen molar-refractivity contribution >= 4 is 17.6 Å². The fourth-order valence-electron chi connectivity index (χ4n) is 1.78. The van der Waals surface area contributed by atoms with Gasteiger partial charge in [-0.05, 0) is 11.6 Å². The van der Waals surface area contributed by atoms with Gasteiger partial charge in [-0.15, -0.1) is 0 Å². The van der Waals surface area contributed by atoms with Crippen LogP contribution < -0.4 is 5.59 Å². The minimum atomic E-state index is 0.474. The Labute approximate surface area is 104 Å². The van der Waals surface area contributed by atoms with E-state index in [0.717, 1.165) is 18.7 Å². The highest BCUT2D eigenvalue weighted by molar-refractivity contribution is 6.29. The molecule has 1 aromatic heterocycles. The third-order valence-corrected chi connectivity index (χ3v) is 2.86. The second-order valence-corrected chi connectivity index (χ2v) is 4.22. The summed E-state index contributed by atoms with van der Waals surface area (Å²) in [4.78, 5) is 7.95. The highest BCUT2D eigenvalue weighted by Crippen LogP contribution is 2.12. The molecule has 1 fully saturated rings. The maximum Gasteiger partial charge on any atom is 0.218 e. The summed E-state index contributed by atoms with van der Waals surface area (Å²) in [5.41, 5.74) is 2.61. The molecule has 0 aliphatic carbocycles. The Kier molecular flexibility index (Phi) is 3.65. The normalized spacial score (nSPS) is 17.9. The minimum absolute atomic E-state index is 0.474. The Balaban J connectivity index is 2.08. The van der Waals surface area contributed by atoms with Gasteiger partial charge in [0.05, 0.1) is 0 Å². The van der Waals surface area contributed by atoms with Crippen molar-refractivity contribution in [2.75, 3.05) is 20.1 Å². The monoisotopic (exact) mass is 254 g/mol. The predicted molar refractivity (Wildman–Crippen MR) is 66.2 cm³/mol. The van der Waals surface area contributed by atoms with Gasteiger partial charge in [0.1, 0.15) is 5.15 Å². The van der Waals surface area contributed by atoms with Crippen molar-refractivity contribution in [3.63, 3.8) is 0 Å². The Morgan fingerprint density at radius 3 is 3.00 bits per heavy atom. The molecule has 7 heteroatoms. The van der Waals surface area contributed by atoms with Gasteiger partial charge < -0.3 is 20.6 Å². The van der Waals surface area contributed by atoms with Crippen molar-refractivity contribution in [2.45, 2.75) is 6.54 Å². The van der Waals surface area contributed by atoms with Crippen LogP contribution in [0.5, 0.6) is 0 Å². The molecule has 0 amide bonds. The second kappa shape index (κ2) is 5.20. The van der Waals surface area contributed by atoms with Gasteiger partial charge in [-0.25, -0.2) is 4.98 Å². The summed E-state index contributed by atoms with van der Waals surface area (Å²) in [6.07, 6.45) is 1.73. The molecule has 6 nitrogen and oxygen atoms in total. The first-order valence-corrected chi connectivity index (χ1v) is 5.60. The van der Waals surface area contributed by atoms with Gasteiger partial charge >= 0.3 is 0 Å². The first-order valence-electron chi connectivity index (χ1n) is 5.22. The first kappa shape index (κ1) is 11.9. The van der Waals surface area contributed by atoms with Crippen LogP contribution in [-0.4, -0.2) is 40.9 Å². The molecule has 92 valence electrons. The van der Waals surface area contributed by atoms with E-state index in [1.165, 1.54) is 0 Å². The summed E-state index contributed by atoms with van der Waals surface area (Å²) in [6, 6.07) is 3.66. The molecule has 1 N–H and O–H groups in total. The molecule has 1 aliphatic rings. The number of halogens is 1. The molecule has 0 radical (unpaired) electrons. The van der Waals surface area contributed by atoms with E-state index in [1.54, 1.807) is 17.9 Å². The topological polar surface area (TPSA) is 66.8 Å². The fourth-order valence-corrected chi connectivity index (χ4v) is 1.89. The number of aromatic nitrogens is 1. The molecule has 0 unspecified atom stereocenters. The van der Waals surface area contributed by atoms with E-state index >= 15 is 0 Å². The quantitative estimate of drug-likeness (QED) is 0.640. The lowest BCUT2D eigenvalue weighted by Gasteiger charge is -2.21. The summed E-state index contributed by atoms with van der Waals surface area (Å²) in [5, 5.41) is 14.5. The molecule has 0 aromatic carbocycles. The summed E-state index contributed by atoms with van der Waals surface area (Å²) in [5.74, 6) is 0.648. The number of nitrogens with zero attached hydrogens (tertiary/aromatic N) is 4. The first-order chi connectivity index (χ1) is 8.20. The van der Waals surface area contributed by atoms with Gasteiger partial charge in [-0.3, -0.25) is 0 Å². The van der Waals surface area contributed by atoms with Crippen LogP contribution in [0.1, 0.15) is 5.56 Å². The molecule has 0 atom stereocenters. The standard InChI is InChI=1S/C10H13ClN5O/c1-15-4-5-16(10(15)13-14-17)7-8-2-3-9(11)12-6-8/h2-3,6,14H,4-5,7H2,1H3/q-1/b13-10+. The maximum absolute atomic E-state index is 10.4. The van der Waals surface area contributed by atoms with Crippen LogP contribution in [0.4, 0.5) is 0 Å². The zero-order valence-corrected chi connectivity index (χ0v) is 10.2. The number of likely N-dealkylation sites (N-methyl/N-ethyl adjacent to an activating group) is 1. The van der Waals surface area contributed by atoms with Gasteiger partial charge in [0, 0.05) is 32.9 Å². The average Bonchev–Trinajstić information content (AvgIpc) is 2.65. The highest BCUT2D eigenvalue weighted by atomic mass is 35.5. The van der Waals surface area contributed by atoms with E-state index in [1.807, 2.05) is 22.9 Å². The van der Waals surface area contributed by atoms with Crippen LogP contribution in [0, 0.1) is 5.21 Å². The van der Waals surface area contributed by atoms with Crippen molar-refractivity contribution in [1.29, 1.82) is 0 Å². The van der Waals surface area contributed by atoms with E-state index in [9.17, 15) is 5.21 Å². The molecule has 0 bridgehead atoms. The van der Waals surface area contributed by atoms with Gasteiger partial charge in [0.25, 0.3) is 0 Å². The molecule has 1 aliphatic heterocycles. The maximum atomic E-state index is 10.4. The van der Waals surface area contributed by atoms with Gasteiger partial charge in [-0.2, -0.15) is 5.10 Å². The minimum Gasteiger partial charge on any atom is -0.744 e. The van der Waals surface area contributed by atoms with Crippen LogP contribution in [0.3, 0.4) is 0 Å². The third kappa shape index (κ3) is 2.78. The predicted octanol–water partition coefficient (Wildman–Crippen LogP) is 0.841. The van der Waals surface area contributed by atoms with Crippen molar-refractivity contribution in [3.8, 4) is 0 Å². The Morgan fingerprint density at radius 2 is 2.35 bits per heavy atom. The van der Waals surface area contributed by atoms with E-state index < -0.39 is 0 Å². The lowest BCUT2D eigenvalue weighted by molar-refractivity contribution is 0.453. The average molecular weight is 255 g/mol. The van der Waals surface area contributed by atoms with E-state index in [4.69, 9.17) is 11.6 Å². The van der Waals surface area contributed by atoms with Crippen molar-refractivity contribution in [3.05, 3.63) is 34.3 Å². The number of rotatable bonds is 3. The van der Waals surface area contributed by atoms with E-state index in [2.05, 4.69) is 10.1 Å².